The molecule has 1 aliphatic rings. The molecule has 0 radical (unpaired) electrons. The van der Waals surface area contributed by atoms with Crippen molar-refractivity contribution in [2.24, 2.45) is 11.1 Å². The summed E-state index contributed by atoms with van der Waals surface area (Å²) in [4.78, 5) is 10.6. The van der Waals surface area contributed by atoms with Crippen LogP contribution in [0.1, 0.15) is 43.3 Å². The molecule has 1 aromatic heterocycles. The van der Waals surface area contributed by atoms with E-state index in [9.17, 15) is 0 Å². The lowest BCUT2D eigenvalue weighted by Gasteiger charge is -2.32. The lowest BCUT2D eigenvalue weighted by Crippen LogP contribution is -2.28. The predicted octanol–water partition coefficient (Wildman–Crippen LogP) is 2.50. The molecule has 1 atom stereocenters. The SMILES string of the molecule is CN(C)CCCN(C)c1nc2c(s1)C(N)CC(C)(C)C2. The molecule has 1 heterocycles. The maximum Gasteiger partial charge on any atom is 0.185 e. The fourth-order valence-corrected chi connectivity index (χ4v) is 3.93. The molecule has 1 aliphatic carbocycles. The molecule has 0 amide bonds. The predicted molar refractivity (Wildman–Crippen MR) is 87.6 cm³/mol. The maximum absolute atomic E-state index is 6.32. The summed E-state index contributed by atoms with van der Waals surface area (Å²) in [5.41, 5.74) is 7.83. The van der Waals surface area contributed by atoms with Crippen molar-refractivity contribution in [2.75, 3.05) is 39.1 Å². The van der Waals surface area contributed by atoms with Gasteiger partial charge >= 0.3 is 0 Å². The molecule has 114 valence electrons. The Bertz CT molecular complexity index is 453. The second-order valence-corrected chi connectivity index (χ2v) is 8.05. The minimum absolute atomic E-state index is 0.162. The highest BCUT2D eigenvalue weighted by molar-refractivity contribution is 7.15. The van der Waals surface area contributed by atoms with Gasteiger partial charge in [0.05, 0.1) is 5.69 Å². The first-order valence-corrected chi connectivity index (χ1v) is 8.21. The highest BCUT2D eigenvalue weighted by atomic mass is 32.1. The first-order chi connectivity index (χ1) is 9.28. The van der Waals surface area contributed by atoms with Gasteiger partial charge in [-0.2, -0.15) is 0 Å². The molecule has 0 aliphatic heterocycles. The Morgan fingerprint density at radius 1 is 1.30 bits per heavy atom. The Hall–Kier alpha value is -0.650. The van der Waals surface area contributed by atoms with Crippen LogP contribution in [0.4, 0.5) is 5.13 Å². The van der Waals surface area contributed by atoms with Crippen molar-refractivity contribution < 1.29 is 0 Å². The van der Waals surface area contributed by atoms with E-state index in [2.05, 4.69) is 44.8 Å². The van der Waals surface area contributed by atoms with Crippen LogP contribution in [0.15, 0.2) is 0 Å². The average Bonchev–Trinajstić information content (AvgIpc) is 2.70. The van der Waals surface area contributed by atoms with Crippen molar-refractivity contribution in [2.45, 2.75) is 39.2 Å². The van der Waals surface area contributed by atoms with E-state index in [0.29, 0.717) is 0 Å². The number of anilines is 1. The lowest BCUT2D eigenvalue weighted by atomic mass is 9.77. The fourth-order valence-electron chi connectivity index (χ4n) is 2.86. The number of rotatable bonds is 5. The van der Waals surface area contributed by atoms with Crippen molar-refractivity contribution in [3.8, 4) is 0 Å². The van der Waals surface area contributed by atoms with E-state index < -0.39 is 0 Å². The van der Waals surface area contributed by atoms with Crippen LogP contribution in [0.2, 0.25) is 0 Å². The monoisotopic (exact) mass is 296 g/mol. The van der Waals surface area contributed by atoms with E-state index >= 15 is 0 Å². The van der Waals surface area contributed by atoms with Crippen LogP contribution < -0.4 is 10.6 Å². The third-order valence-corrected chi connectivity index (χ3v) is 5.24. The average molecular weight is 296 g/mol. The lowest BCUT2D eigenvalue weighted by molar-refractivity contribution is 0.282. The van der Waals surface area contributed by atoms with Gasteiger partial charge in [-0.1, -0.05) is 13.8 Å². The van der Waals surface area contributed by atoms with Crippen LogP contribution in [0.3, 0.4) is 0 Å². The molecule has 0 aromatic carbocycles. The van der Waals surface area contributed by atoms with Crippen LogP contribution in [0, 0.1) is 5.41 Å². The van der Waals surface area contributed by atoms with Crippen LogP contribution in [-0.4, -0.2) is 44.1 Å². The van der Waals surface area contributed by atoms with E-state index in [1.807, 2.05) is 0 Å². The number of hydrogen-bond donors (Lipinski definition) is 1. The zero-order valence-electron chi connectivity index (χ0n) is 13.4. The third kappa shape index (κ3) is 3.71. The Morgan fingerprint density at radius 2 is 2.00 bits per heavy atom. The maximum atomic E-state index is 6.32. The number of thiazole rings is 1. The van der Waals surface area contributed by atoms with Gasteiger partial charge in [0, 0.05) is 24.5 Å². The van der Waals surface area contributed by atoms with E-state index in [0.717, 1.165) is 37.5 Å². The van der Waals surface area contributed by atoms with Gasteiger partial charge in [0.1, 0.15) is 0 Å². The summed E-state index contributed by atoms with van der Waals surface area (Å²) in [6.07, 6.45) is 3.27. The highest BCUT2D eigenvalue weighted by Crippen LogP contribution is 2.43. The largest absolute Gasteiger partial charge is 0.351 e. The zero-order chi connectivity index (χ0) is 14.9. The van der Waals surface area contributed by atoms with Gasteiger partial charge in [-0.05, 0) is 45.3 Å². The molecule has 5 heteroatoms. The number of fused-ring (bicyclic) bond motifs is 1. The molecule has 0 fully saturated rings. The van der Waals surface area contributed by atoms with E-state index in [1.54, 1.807) is 11.3 Å². The fraction of sp³-hybridized carbons (Fsp3) is 0.800. The molecule has 0 spiro atoms. The number of hydrogen-bond acceptors (Lipinski definition) is 5. The van der Waals surface area contributed by atoms with Gasteiger partial charge < -0.3 is 15.5 Å². The van der Waals surface area contributed by atoms with Crippen LogP contribution in [0.5, 0.6) is 0 Å². The molecule has 0 saturated carbocycles. The quantitative estimate of drug-likeness (QED) is 0.907. The first-order valence-electron chi connectivity index (χ1n) is 7.39. The molecule has 4 nitrogen and oxygen atoms in total. The molecule has 2 rings (SSSR count). The van der Waals surface area contributed by atoms with E-state index in [1.165, 1.54) is 10.6 Å². The standard InChI is InChI=1S/C15H28N4S/c1-15(2)9-11(16)13-12(10-15)17-14(20-13)19(5)8-6-7-18(3)4/h11H,6-10,16H2,1-5H3. The van der Waals surface area contributed by atoms with Gasteiger partial charge in [-0.15, -0.1) is 11.3 Å². The molecule has 0 saturated heterocycles. The summed E-state index contributed by atoms with van der Waals surface area (Å²) < 4.78 is 0. The smallest absolute Gasteiger partial charge is 0.185 e. The minimum Gasteiger partial charge on any atom is -0.351 e. The molecule has 20 heavy (non-hydrogen) atoms. The zero-order valence-corrected chi connectivity index (χ0v) is 14.3. The van der Waals surface area contributed by atoms with Crippen molar-refractivity contribution in [3.63, 3.8) is 0 Å². The van der Waals surface area contributed by atoms with Crippen molar-refractivity contribution in [1.29, 1.82) is 0 Å². The molecular formula is C15H28N4S. The van der Waals surface area contributed by atoms with Gasteiger partial charge in [0.2, 0.25) is 0 Å². The Morgan fingerprint density at radius 3 is 2.65 bits per heavy atom. The summed E-state index contributed by atoms with van der Waals surface area (Å²) >= 11 is 1.79. The molecule has 1 aromatic rings. The number of nitrogens with zero attached hydrogens (tertiary/aromatic N) is 3. The number of aromatic nitrogens is 1. The molecule has 2 N–H and O–H groups in total. The Kier molecular flexibility index (Phi) is 4.72. The van der Waals surface area contributed by atoms with Crippen LogP contribution >= 0.6 is 11.3 Å². The Balaban J connectivity index is 2.04. The summed E-state index contributed by atoms with van der Waals surface area (Å²) in [5, 5.41) is 1.13. The normalized spacial score (nSPS) is 21.1. The van der Waals surface area contributed by atoms with Crippen LogP contribution in [0.25, 0.3) is 0 Å². The van der Waals surface area contributed by atoms with Crippen molar-refractivity contribution >= 4 is 16.5 Å². The van der Waals surface area contributed by atoms with Crippen molar-refractivity contribution in [3.05, 3.63) is 10.6 Å². The summed E-state index contributed by atoms with van der Waals surface area (Å²) in [7, 11) is 6.36. The summed E-state index contributed by atoms with van der Waals surface area (Å²) in [5.74, 6) is 0. The highest BCUT2D eigenvalue weighted by Gasteiger charge is 2.33. The second-order valence-electron chi connectivity index (χ2n) is 7.04. The van der Waals surface area contributed by atoms with Gasteiger partial charge in [0.25, 0.3) is 0 Å². The number of nitrogens with two attached hydrogens (primary N) is 1. The summed E-state index contributed by atoms with van der Waals surface area (Å²) in [6, 6.07) is 0.162. The molecular weight excluding hydrogens is 268 g/mol. The topological polar surface area (TPSA) is 45.4 Å². The second kappa shape index (κ2) is 6.00. The van der Waals surface area contributed by atoms with Gasteiger partial charge in [-0.3, -0.25) is 0 Å². The molecule has 1 unspecified atom stereocenters. The van der Waals surface area contributed by atoms with E-state index in [-0.39, 0.29) is 11.5 Å². The summed E-state index contributed by atoms with van der Waals surface area (Å²) in [6.45, 7) is 6.73. The first kappa shape index (κ1) is 15.7. The van der Waals surface area contributed by atoms with Crippen molar-refractivity contribution in [1.82, 2.24) is 9.88 Å². The third-order valence-electron chi connectivity index (χ3n) is 3.90. The molecule has 0 bridgehead atoms. The van der Waals surface area contributed by atoms with Gasteiger partial charge in [-0.25, -0.2) is 4.98 Å². The van der Waals surface area contributed by atoms with E-state index in [4.69, 9.17) is 10.7 Å². The minimum atomic E-state index is 0.162. The van der Waals surface area contributed by atoms with Gasteiger partial charge in [0.15, 0.2) is 5.13 Å². The van der Waals surface area contributed by atoms with Crippen LogP contribution in [-0.2, 0) is 6.42 Å². The Labute approximate surface area is 127 Å².